The van der Waals surface area contributed by atoms with Crippen LogP contribution in [0.1, 0.15) is 28.8 Å². The van der Waals surface area contributed by atoms with E-state index in [1.807, 2.05) is 0 Å². The summed E-state index contributed by atoms with van der Waals surface area (Å²) in [6, 6.07) is 1.53. The molecule has 0 bridgehead atoms. The van der Waals surface area contributed by atoms with Crippen LogP contribution in [0.5, 0.6) is 0 Å². The third kappa shape index (κ3) is 4.23. The highest BCUT2D eigenvalue weighted by Gasteiger charge is 2.26. The highest BCUT2D eigenvalue weighted by molar-refractivity contribution is 5.94. The number of rotatable bonds is 5. The van der Waals surface area contributed by atoms with Crippen molar-refractivity contribution in [2.75, 3.05) is 11.9 Å². The van der Waals surface area contributed by atoms with Gasteiger partial charge in [0.25, 0.3) is 0 Å². The van der Waals surface area contributed by atoms with Gasteiger partial charge in [0.15, 0.2) is 0 Å². The SMILES string of the molecule is Cc1ccnc(NCCCC(F)(F)F)c1C(=O)O. The van der Waals surface area contributed by atoms with Gasteiger partial charge in [-0.25, -0.2) is 9.78 Å². The number of nitrogens with zero attached hydrogens (tertiary/aromatic N) is 1. The fourth-order valence-electron chi connectivity index (χ4n) is 1.46. The molecule has 0 aromatic carbocycles. The fraction of sp³-hybridized carbons (Fsp3) is 0.455. The zero-order valence-electron chi connectivity index (χ0n) is 9.71. The Bertz CT molecular complexity index is 433. The zero-order chi connectivity index (χ0) is 13.8. The summed E-state index contributed by atoms with van der Waals surface area (Å²) in [6.07, 6.45) is -3.82. The predicted molar refractivity (Wildman–Crippen MR) is 59.7 cm³/mol. The summed E-state index contributed by atoms with van der Waals surface area (Å²) in [4.78, 5) is 14.8. The van der Waals surface area contributed by atoms with E-state index in [0.717, 1.165) is 0 Å². The van der Waals surface area contributed by atoms with Crippen molar-refractivity contribution in [3.63, 3.8) is 0 Å². The molecular weight excluding hydrogens is 249 g/mol. The molecule has 0 atom stereocenters. The number of carbonyl (C=O) groups is 1. The van der Waals surface area contributed by atoms with Gasteiger partial charge in [-0.1, -0.05) is 0 Å². The lowest BCUT2D eigenvalue weighted by atomic mass is 10.1. The molecule has 0 fully saturated rings. The van der Waals surface area contributed by atoms with Crippen molar-refractivity contribution in [2.24, 2.45) is 0 Å². The smallest absolute Gasteiger partial charge is 0.389 e. The maximum atomic E-state index is 11.9. The number of hydrogen-bond donors (Lipinski definition) is 2. The Kier molecular flexibility index (Phi) is 4.52. The average Bonchev–Trinajstić information content (AvgIpc) is 2.22. The van der Waals surface area contributed by atoms with Gasteiger partial charge in [0.05, 0.1) is 0 Å². The molecule has 0 amide bonds. The Hall–Kier alpha value is -1.79. The largest absolute Gasteiger partial charge is 0.478 e. The second-order valence-corrected chi connectivity index (χ2v) is 3.80. The van der Waals surface area contributed by atoms with Gasteiger partial charge in [0.1, 0.15) is 11.4 Å². The van der Waals surface area contributed by atoms with Crippen LogP contribution in [0.4, 0.5) is 19.0 Å². The van der Waals surface area contributed by atoms with Gasteiger partial charge in [-0.2, -0.15) is 13.2 Å². The Morgan fingerprint density at radius 3 is 2.72 bits per heavy atom. The standard InChI is InChI=1S/C11H13F3N2O2/c1-7-3-6-16-9(8(7)10(17)18)15-5-2-4-11(12,13)14/h3,6H,2,4-5H2,1H3,(H,15,16)(H,17,18). The lowest BCUT2D eigenvalue weighted by Gasteiger charge is -2.11. The number of aromatic carboxylic acids is 1. The van der Waals surface area contributed by atoms with E-state index >= 15 is 0 Å². The normalized spacial score (nSPS) is 11.3. The Labute approximate surface area is 102 Å². The molecular formula is C11H13F3N2O2. The van der Waals surface area contributed by atoms with Crippen LogP contribution in [0.25, 0.3) is 0 Å². The molecule has 4 nitrogen and oxygen atoms in total. The first-order chi connectivity index (χ1) is 8.31. The van der Waals surface area contributed by atoms with Crippen molar-refractivity contribution >= 4 is 11.8 Å². The fourth-order valence-corrected chi connectivity index (χ4v) is 1.46. The molecule has 0 aliphatic rings. The number of alkyl halides is 3. The van der Waals surface area contributed by atoms with Crippen LogP contribution >= 0.6 is 0 Å². The lowest BCUT2D eigenvalue weighted by molar-refractivity contribution is -0.134. The number of halogens is 3. The number of pyridine rings is 1. The second-order valence-electron chi connectivity index (χ2n) is 3.80. The molecule has 0 aliphatic carbocycles. The topological polar surface area (TPSA) is 62.2 Å². The van der Waals surface area contributed by atoms with Crippen LogP contribution in [0.2, 0.25) is 0 Å². The van der Waals surface area contributed by atoms with Gasteiger partial charge in [-0.3, -0.25) is 0 Å². The number of carboxylic acid groups (broad SMARTS) is 1. The number of carboxylic acids is 1. The van der Waals surface area contributed by atoms with Crippen LogP contribution in [0.15, 0.2) is 12.3 Å². The summed E-state index contributed by atoms with van der Waals surface area (Å²) in [5.41, 5.74) is 0.500. The minimum absolute atomic E-state index is 0.00971. The third-order valence-electron chi connectivity index (χ3n) is 2.30. The van der Waals surface area contributed by atoms with Gasteiger partial charge in [0, 0.05) is 19.2 Å². The molecule has 0 aliphatic heterocycles. The predicted octanol–water partition coefficient (Wildman–Crippen LogP) is 2.84. The molecule has 0 saturated carbocycles. The van der Waals surface area contributed by atoms with Crippen LogP contribution in [-0.2, 0) is 0 Å². The molecule has 18 heavy (non-hydrogen) atoms. The number of anilines is 1. The Morgan fingerprint density at radius 2 is 2.17 bits per heavy atom. The second kappa shape index (κ2) is 5.70. The summed E-state index contributed by atoms with van der Waals surface area (Å²) in [6.45, 7) is 1.63. The Morgan fingerprint density at radius 1 is 1.50 bits per heavy atom. The highest BCUT2D eigenvalue weighted by Crippen LogP contribution is 2.22. The van der Waals surface area contributed by atoms with Crippen molar-refractivity contribution in [3.05, 3.63) is 23.4 Å². The molecule has 0 spiro atoms. The molecule has 7 heteroatoms. The summed E-state index contributed by atoms with van der Waals surface area (Å²) < 4.78 is 35.7. The van der Waals surface area contributed by atoms with Gasteiger partial charge < -0.3 is 10.4 Å². The van der Waals surface area contributed by atoms with Crippen molar-refractivity contribution in [3.8, 4) is 0 Å². The highest BCUT2D eigenvalue weighted by atomic mass is 19.4. The van der Waals surface area contributed by atoms with E-state index in [1.165, 1.54) is 12.3 Å². The lowest BCUT2D eigenvalue weighted by Crippen LogP contribution is -2.14. The minimum Gasteiger partial charge on any atom is -0.478 e. The summed E-state index contributed by atoms with van der Waals surface area (Å²) in [7, 11) is 0. The summed E-state index contributed by atoms with van der Waals surface area (Å²) in [5, 5.41) is 11.6. The van der Waals surface area contributed by atoms with Crippen molar-refractivity contribution < 1.29 is 23.1 Å². The number of nitrogens with one attached hydrogen (secondary N) is 1. The molecule has 1 aromatic heterocycles. The van der Waals surface area contributed by atoms with Crippen LogP contribution in [0, 0.1) is 6.92 Å². The first kappa shape index (κ1) is 14.3. The molecule has 1 rings (SSSR count). The maximum Gasteiger partial charge on any atom is 0.389 e. The van der Waals surface area contributed by atoms with E-state index in [9.17, 15) is 18.0 Å². The molecule has 100 valence electrons. The van der Waals surface area contributed by atoms with Crippen LogP contribution in [0.3, 0.4) is 0 Å². The first-order valence-electron chi connectivity index (χ1n) is 5.31. The van der Waals surface area contributed by atoms with Crippen molar-refractivity contribution in [1.82, 2.24) is 4.98 Å². The number of aromatic nitrogens is 1. The molecule has 2 N–H and O–H groups in total. The van der Waals surface area contributed by atoms with Crippen LogP contribution in [-0.4, -0.2) is 28.8 Å². The van der Waals surface area contributed by atoms with Gasteiger partial charge >= 0.3 is 12.1 Å². The van der Waals surface area contributed by atoms with Crippen molar-refractivity contribution in [2.45, 2.75) is 25.9 Å². The first-order valence-corrected chi connectivity index (χ1v) is 5.31. The zero-order valence-corrected chi connectivity index (χ0v) is 9.71. The third-order valence-corrected chi connectivity index (χ3v) is 2.30. The van der Waals surface area contributed by atoms with Crippen molar-refractivity contribution in [1.29, 1.82) is 0 Å². The van der Waals surface area contributed by atoms with Crippen LogP contribution < -0.4 is 5.32 Å². The van der Waals surface area contributed by atoms with E-state index in [-0.39, 0.29) is 24.3 Å². The molecule has 0 unspecified atom stereocenters. The van der Waals surface area contributed by atoms with E-state index in [0.29, 0.717) is 5.56 Å². The van der Waals surface area contributed by atoms with E-state index < -0.39 is 18.6 Å². The van der Waals surface area contributed by atoms with E-state index in [1.54, 1.807) is 6.92 Å². The molecule has 1 aromatic rings. The quantitative estimate of drug-likeness (QED) is 0.801. The van der Waals surface area contributed by atoms with Gasteiger partial charge in [0.2, 0.25) is 0 Å². The molecule has 0 saturated heterocycles. The maximum absolute atomic E-state index is 11.9. The summed E-state index contributed by atoms with van der Waals surface area (Å²) >= 11 is 0. The number of hydrogen-bond acceptors (Lipinski definition) is 3. The van der Waals surface area contributed by atoms with E-state index in [2.05, 4.69) is 10.3 Å². The Balaban J connectivity index is 2.63. The number of aryl methyl sites for hydroxylation is 1. The molecule has 1 heterocycles. The van der Waals surface area contributed by atoms with E-state index in [4.69, 9.17) is 5.11 Å². The summed E-state index contributed by atoms with van der Waals surface area (Å²) in [5.74, 6) is -1.05. The monoisotopic (exact) mass is 262 g/mol. The minimum atomic E-state index is -4.20. The van der Waals surface area contributed by atoms with Gasteiger partial charge in [-0.05, 0) is 25.0 Å². The average molecular weight is 262 g/mol. The molecule has 0 radical (unpaired) electrons. The van der Waals surface area contributed by atoms with Gasteiger partial charge in [-0.15, -0.1) is 0 Å².